The Balaban J connectivity index is 1.93. The van der Waals surface area contributed by atoms with Crippen LogP contribution in [0.5, 0.6) is 0 Å². The predicted molar refractivity (Wildman–Crippen MR) is 125 cm³/mol. The Morgan fingerprint density at radius 2 is 1.59 bits per heavy atom. The minimum atomic E-state index is -0.386. The summed E-state index contributed by atoms with van der Waals surface area (Å²) in [6.07, 6.45) is 0.918. The number of anilines is 2. The first-order chi connectivity index (χ1) is 15.3. The number of amides is 3. The zero-order valence-electron chi connectivity index (χ0n) is 18.9. The van der Waals surface area contributed by atoms with Gasteiger partial charge in [-0.1, -0.05) is 31.2 Å². The van der Waals surface area contributed by atoms with Crippen molar-refractivity contribution in [2.75, 3.05) is 23.8 Å². The summed E-state index contributed by atoms with van der Waals surface area (Å²) in [7, 11) is 0. The van der Waals surface area contributed by atoms with Crippen LogP contribution in [0.2, 0.25) is 0 Å². The Morgan fingerprint density at radius 1 is 0.969 bits per heavy atom. The molecular formula is C25H29N3O4. The molecule has 0 unspecified atom stereocenters. The first-order valence-corrected chi connectivity index (χ1v) is 10.8. The summed E-state index contributed by atoms with van der Waals surface area (Å²) in [5.41, 5.74) is 3.65. The fourth-order valence-electron chi connectivity index (χ4n) is 3.43. The van der Waals surface area contributed by atoms with Gasteiger partial charge in [-0.2, -0.15) is 0 Å². The number of nitrogens with zero attached hydrogens (tertiary/aromatic N) is 1. The molecule has 32 heavy (non-hydrogen) atoms. The summed E-state index contributed by atoms with van der Waals surface area (Å²) >= 11 is 0. The number of ether oxygens (including phenoxy) is 1. The van der Waals surface area contributed by atoms with Crippen LogP contribution in [0.3, 0.4) is 0 Å². The molecule has 0 saturated heterocycles. The second-order valence-corrected chi connectivity index (χ2v) is 7.87. The first kappa shape index (κ1) is 23.2. The number of carbonyl (C=O) groups excluding carboxylic acids is 3. The summed E-state index contributed by atoms with van der Waals surface area (Å²) in [5, 5.41) is 5.86. The molecule has 0 radical (unpaired) electrons. The summed E-state index contributed by atoms with van der Waals surface area (Å²) in [5.74, 6) is -0.941. The number of aryl methyl sites for hydroxylation is 1. The van der Waals surface area contributed by atoms with E-state index in [-0.39, 0.29) is 42.7 Å². The van der Waals surface area contributed by atoms with E-state index in [0.29, 0.717) is 16.8 Å². The van der Waals surface area contributed by atoms with Gasteiger partial charge in [0.25, 0.3) is 11.8 Å². The molecule has 1 heterocycles. The van der Waals surface area contributed by atoms with Gasteiger partial charge in [0.15, 0.2) is 0 Å². The number of rotatable bonds is 9. The number of nitrogens with one attached hydrogen (secondary N) is 2. The van der Waals surface area contributed by atoms with Crippen molar-refractivity contribution in [3.05, 3.63) is 65.4 Å². The Kier molecular flexibility index (Phi) is 7.43. The van der Waals surface area contributed by atoms with Gasteiger partial charge in [-0.05, 0) is 55.7 Å². The average Bonchev–Trinajstić information content (AvgIpc) is 2.98. The lowest BCUT2D eigenvalue weighted by Crippen LogP contribution is -2.35. The highest BCUT2D eigenvalue weighted by Gasteiger charge is 2.39. The molecule has 2 aromatic rings. The second-order valence-electron chi connectivity index (χ2n) is 7.87. The van der Waals surface area contributed by atoms with Crippen molar-refractivity contribution in [1.82, 2.24) is 4.90 Å². The third kappa shape index (κ3) is 5.42. The molecule has 1 aliphatic rings. The van der Waals surface area contributed by atoms with Crippen LogP contribution in [0.25, 0.3) is 5.57 Å². The van der Waals surface area contributed by atoms with Gasteiger partial charge in [-0.15, -0.1) is 0 Å². The number of hydrogen-bond acceptors (Lipinski definition) is 5. The van der Waals surface area contributed by atoms with E-state index in [1.807, 2.05) is 38.1 Å². The van der Waals surface area contributed by atoms with Gasteiger partial charge in [0.1, 0.15) is 5.70 Å². The topological polar surface area (TPSA) is 87.7 Å². The van der Waals surface area contributed by atoms with E-state index in [1.54, 1.807) is 24.3 Å². The average molecular weight is 436 g/mol. The van der Waals surface area contributed by atoms with Gasteiger partial charge in [-0.3, -0.25) is 19.3 Å². The first-order valence-electron chi connectivity index (χ1n) is 10.8. The molecule has 3 amide bonds. The molecule has 0 saturated carbocycles. The molecule has 0 aliphatic carbocycles. The Morgan fingerprint density at radius 3 is 2.16 bits per heavy atom. The van der Waals surface area contributed by atoms with Crippen LogP contribution < -0.4 is 10.6 Å². The van der Waals surface area contributed by atoms with Crippen LogP contribution in [0.15, 0.2) is 54.2 Å². The molecule has 1 aliphatic heterocycles. The SMILES string of the molecule is CCc1ccc(NC2=C(c3ccc(NC(C)=O)cc3)C(=O)N(CCOC(C)C)C2=O)cc1. The molecule has 0 spiro atoms. The fourth-order valence-corrected chi connectivity index (χ4v) is 3.43. The monoisotopic (exact) mass is 435 g/mol. The van der Waals surface area contributed by atoms with Crippen molar-refractivity contribution in [2.24, 2.45) is 0 Å². The second kappa shape index (κ2) is 10.2. The largest absolute Gasteiger partial charge is 0.377 e. The quantitative estimate of drug-likeness (QED) is 0.585. The van der Waals surface area contributed by atoms with Gasteiger partial charge in [0.05, 0.1) is 24.8 Å². The van der Waals surface area contributed by atoms with Crippen molar-refractivity contribution >= 4 is 34.7 Å². The van der Waals surface area contributed by atoms with Gasteiger partial charge in [0.2, 0.25) is 5.91 Å². The minimum Gasteiger partial charge on any atom is -0.377 e. The molecule has 0 bridgehead atoms. The molecular weight excluding hydrogens is 406 g/mol. The summed E-state index contributed by atoms with van der Waals surface area (Å²) < 4.78 is 5.55. The highest BCUT2D eigenvalue weighted by Crippen LogP contribution is 2.31. The lowest BCUT2D eigenvalue weighted by molar-refractivity contribution is -0.138. The van der Waals surface area contributed by atoms with E-state index in [2.05, 4.69) is 17.6 Å². The van der Waals surface area contributed by atoms with Gasteiger partial charge >= 0.3 is 0 Å². The molecule has 168 valence electrons. The zero-order valence-corrected chi connectivity index (χ0v) is 18.9. The van der Waals surface area contributed by atoms with Crippen LogP contribution in [0.1, 0.15) is 38.8 Å². The fraction of sp³-hybridized carbons (Fsp3) is 0.320. The van der Waals surface area contributed by atoms with Crippen LogP contribution >= 0.6 is 0 Å². The molecule has 2 N–H and O–H groups in total. The molecule has 0 fully saturated rings. The smallest absolute Gasteiger partial charge is 0.278 e. The summed E-state index contributed by atoms with van der Waals surface area (Å²) in [6, 6.07) is 14.6. The van der Waals surface area contributed by atoms with Crippen molar-refractivity contribution in [3.8, 4) is 0 Å². The van der Waals surface area contributed by atoms with Crippen LogP contribution in [-0.4, -0.2) is 41.9 Å². The van der Waals surface area contributed by atoms with E-state index in [9.17, 15) is 14.4 Å². The van der Waals surface area contributed by atoms with E-state index in [0.717, 1.165) is 12.1 Å². The van der Waals surface area contributed by atoms with Crippen LogP contribution in [0, 0.1) is 0 Å². The van der Waals surface area contributed by atoms with Crippen molar-refractivity contribution < 1.29 is 19.1 Å². The number of benzene rings is 2. The molecule has 7 nitrogen and oxygen atoms in total. The van der Waals surface area contributed by atoms with Gasteiger partial charge < -0.3 is 15.4 Å². The molecule has 0 atom stereocenters. The van der Waals surface area contributed by atoms with Gasteiger partial charge in [0, 0.05) is 18.3 Å². The van der Waals surface area contributed by atoms with E-state index >= 15 is 0 Å². The van der Waals surface area contributed by atoms with Crippen LogP contribution in [-0.2, 0) is 25.5 Å². The van der Waals surface area contributed by atoms with Gasteiger partial charge in [-0.25, -0.2) is 0 Å². The zero-order chi connectivity index (χ0) is 23.3. The number of imide groups is 1. The molecule has 7 heteroatoms. The molecule has 2 aromatic carbocycles. The van der Waals surface area contributed by atoms with Crippen molar-refractivity contribution in [3.63, 3.8) is 0 Å². The van der Waals surface area contributed by atoms with E-state index in [4.69, 9.17) is 4.74 Å². The summed E-state index contributed by atoms with van der Waals surface area (Å²) in [6.45, 7) is 7.75. The maximum absolute atomic E-state index is 13.2. The molecule has 0 aromatic heterocycles. The lowest BCUT2D eigenvalue weighted by Gasteiger charge is -2.16. The third-order valence-corrected chi connectivity index (χ3v) is 5.06. The third-order valence-electron chi connectivity index (χ3n) is 5.06. The maximum Gasteiger partial charge on any atom is 0.278 e. The van der Waals surface area contributed by atoms with E-state index < -0.39 is 0 Å². The maximum atomic E-state index is 13.2. The van der Waals surface area contributed by atoms with E-state index in [1.165, 1.54) is 17.4 Å². The highest BCUT2D eigenvalue weighted by atomic mass is 16.5. The predicted octanol–water partition coefficient (Wildman–Crippen LogP) is 3.82. The Hall–Kier alpha value is -3.45. The Bertz CT molecular complexity index is 1020. The minimum absolute atomic E-state index is 0.00577. The number of carbonyl (C=O) groups is 3. The normalized spacial score (nSPS) is 13.8. The lowest BCUT2D eigenvalue weighted by atomic mass is 10.0. The molecule has 3 rings (SSSR count). The Labute approximate surface area is 188 Å². The number of hydrogen-bond donors (Lipinski definition) is 2. The standard InChI is InChI=1S/C25H29N3O4/c1-5-18-6-10-21(11-7-18)27-23-22(19-8-12-20(13-9-19)26-17(4)29)24(30)28(25(23)31)14-15-32-16(2)3/h6-13,16,27H,5,14-15H2,1-4H3,(H,26,29). The summed E-state index contributed by atoms with van der Waals surface area (Å²) in [4.78, 5) is 38.9. The van der Waals surface area contributed by atoms with Crippen molar-refractivity contribution in [2.45, 2.75) is 40.2 Å². The van der Waals surface area contributed by atoms with Crippen molar-refractivity contribution in [1.29, 1.82) is 0 Å². The highest BCUT2D eigenvalue weighted by molar-refractivity contribution is 6.36. The van der Waals surface area contributed by atoms with Crippen LogP contribution in [0.4, 0.5) is 11.4 Å².